The number of hydrogen-bond acceptors (Lipinski definition) is 11. The van der Waals surface area contributed by atoms with Gasteiger partial charge in [0.1, 0.15) is 6.04 Å². The highest BCUT2D eigenvalue weighted by molar-refractivity contribution is 6.06. The summed E-state index contributed by atoms with van der Waals surface area (Å²) in [4.78, 5) is 68.4. The largest absolute Gasteiger partial charge is 0.468 e. The van der Waals surface area contributed by atoms with Crippen molar-refractivity contribution in [3.63, 3.8) is 0 Å². The minimum absolute atomic E-state index is 0.0426. The first-order chi connectivity index (χ1) is 27.8. The van der Waals surface area contributed by atoms with Crippen LogP contribution in [0.3, 0.4) is 0 Å². The third-order valence-corrected chi connectivity index (χ3v) is 10.2. The lowest BCUT2D eigenvalue weighted by Crippen LogP contribution is -2.48. The fourth-order valence-corrected chi connectivity index (χ4v) is 7.04. The summed E-state index contributed by atoms with van der Waals surface area (Å²) in [5.41, 5.74) is 3.97. The number of pyridine rings is 1. The number of methoxy groups -OCH3 is 1. The number of hydrazone groups is 1. The van der Waals surface area contributed by atoms with Gasteiger partial charge >= 0.3 is 12.0 Å². The second-order valence-electron chi connectivity index (χ2n) is 15.6. The molecule has 2 aromatic rings. The molecule has 58 heavy (non-hydrogen) atoms. The van der Waals surface area contributed by atoms with Gasteiger partial charge in [0.25, 0.3) is 0 Å². The fourth-order valence-electron chi connectivity index (χ4n) is 7.04. The zero-order valence-corrected chi connectivity index (χ0v) is 34.7. The molecule has 2 unspecified atom stereocenters. The summed E-state index contributed by atoms with van der Waals surface area (Å²) in [5, 5.41) is 28.0. The predicted molar refractivity (Wildman–Crippen MR) is 219 cm³/mol. The first-order valence-corrected chi connectivity index (χ1v) is 20.5. The average Bonchev–Trinajstić information content (AvgIpc) is 3.63. The van der Waals surface area contributed by atoms with Gasteiger partial charge in [-0.3, -0.25) is 29.5 Å². The zero-order chi connectivity index (χ0) is 42.1. The van der Waals surface area contributed by atoms with Crippen molar-refractivity contribution in [1.29, 1.82) is 0 Å². The lowest BCUT2D eigenvalue weighted by molar-refractivity contribution is -0.197. The summed E-state index contributed by atoms with van der Waals surface area (Å²) in [6.45, 7) is 10.1. The molecule has 0 saturated carbocycles. The molecule has 3 heterocycles. The number of anilines is 1. The topological polar surface area (TPSA) is 204 Å². The monoisotopic (exact) mass is 806 g/mol. The SMILES string of the molecule is CCCC(C)(C)OC(O)N[C@@H](CCCCNC(=O)CCCC(=O)NCCCCN1N=C(c2ccc(NC(=O)N3Cc4ccncc4C3)cc2)C(C)CC1=O)C(=O)OC. The van der Waals surface area contributed by atoms with E-state index in [2.05, 4.69) is 26.3 Å². The highest BCUT2D eigenvalue weighted by Crippen LogP contribution is 2.25. The number of aromatic nitrogens is 1. The number of urea groups is 1. The maximum Gasteiger partial charge on any atom is 0.323 e. The van der Waals surface area contributed by atoms with Crippen molar-refractivity contribution in [1.82, 2.24) is 30.8 Å². The van der Waals surface area contributed by atoms with Gasteiger partial charge in [-0.05, 0) is 93.7 Å². The average molecular weight is 807 g/mol. The Morgan fingerprint density at radius 1 is 0.948 bits per heavy atom. The van der Waals surface area contributed by atoms with Gasteiger partial charge in [0.15, 0.2) is 0 Å². The van der Waals surface area contributed by atoms with Gasteiger partial charge in [0, 0.05) is 76.0 Å². The van der Waals surface area contributed by atoms with Crippen LogP contribution < -0.4 is 21.3 Å². The Balaban J connectivity index is 1.07. The van der Waals surface area contributed by atoms with Crippen LogP contribution in [0.15, 0.2) is 47.8 Å². The highest BCUT2D eigenvalue weighted by atomic mass is 16.6. The lowest BCUT2D eigenvalue weighted by atomic mass is 9.93. The first kappa shape index (κ1) is 45.8. The van der Waals surface area contributed by atoms with E-state index < -0.39 is 24.0 Å². The van der Waals surface area contributed by atoms with Crippen LogP contribution in [0.25, 0.3) is 0 Å². The Labute approximate surface area is 341 Å². The molecule has 2 aliphatic heterocycles. The van der Waals surface area contributed by atoms with Gasteiger partial charge in [-0.15, -0.1) is 0 Å². The van der Waals surface area contributed by atoms with Gasteiger partial charge < -0.3 is 35.4 Å². The van der Waals surface area contributed by atoms with Gasteiger partial charge in [-0.2, -0.15) is 5.10 Å². The molecule has 0 bridgehead atoms. The Hall–Kier alpha value is -4.93. The van der Waals surface area contributed by atoms with Crippen molar-refractivity contribution in [2.45, 2.75) is 129 Å². The van der Waals surface area contributed by atoms with E-state index in [1.807, 2.05) is 58.0 Å². The number of unbranched alkanes of at least 4 members (excludes halogenated alkanes) is 2. The van der Waals surface area contributed by atoms with Crippen LogP contribution in [0, 0.1) is 5.92 Å². The second-order valence-corrected chi connectivity index (χ2v) is 15.6. The summed E-state index contributed by atoms with van der Waals surface area (Å²) in [5.74, 6) is -0.883. The quantitative estimate of drug-likeness (QED) is 0.0602. The molecular formula is C42H62N8O8. The molecule has 4 rings (SSSR count). The van der Waals surface area contributed by atoms with Crippen LogP contribution in [0.1, 0.15) is 115 Å². The smallest absolute Gasteiger partial charge is 0.323 e. The fraction of sp³-hybridized carbons (Fsp3) is 0.595. The Bertz CT molecular complexity index is 1690. The number of aliphatic hydroxyl groups excluding tert-OH is 1. The van der Waals surface area contributed by atoms with E-state index >= 15 is 0 Å². The number of ether oxygens (including phenoxy) is 2. The Kier molecular flexibility index (Phi) is 18.0. The molecule has 1 aromatic carbocycles. The van der Waals surface area contributed by atoms with Crippen LogP contribution >= 0.6 is 0 Å². The number of benzene rings is 1. The van der Waals surface area contributed by atoms with E-state index in [9.17, 15) is 29.1 Å². The highest BCUT2D eigenvalue weighted by Gasteiger charge is 2.29. The second kappa shape index (κ2) is 22.9. The Morgan fingerprint density at radius 2 is 1.62 bits per heavy atom. The molecule has 0 aliphatic carbocycles. The summed E-state index contributed by atoms with van der Waals surface area (Å²) < 4.78 is 10.5. The van der Waals surface area contributed by atoms with Crippen molar-refractivity contribution in [2.75, 3.05) is 32.1 Å². The van der Waals surface area contributed by atoms with E-state index in [-0.39, 0.29) is 42.5 Å². The van der Waals surface area contributed by atoms with Gasteiger partial charge in [-0.1, -0.05) is 32.4 Å². The maximum absolute atomic E-state index is 12.9. The van der Waals surface area contributed by atoms with E-state index in [1.54, 1.807) is 17.3 Å². The van der Waals surface area contributed by atoms with Gasteiger partial charge in [0.05, 0.1) is 18.4 Å². The third kappa shape index (κ3) is 14.8. The molecule has 0 spiro atoms. The van der Waals surface area contributed by atoms with E-state index in [1.165, 1.54) is 12.1 Å². The van der Waals surface area contributed by atoms with Crippen LogP contribution in [0.5, 0.6) is 0 Å². The van der Waals surface area contributed by atoms with E-state index in [4.69, 9.17) is 14.6 Å². The van der Waals surface area contributed by atoms with Crippen molar-refractivity contribution in [2.24, 2.45) is 11.0 Å². The molecule has 2 aliphatic rings. The van der Waals surface area contributed by atoms with Crippen LogP contribution in [-0.4, -0.2) is 100 Å². The number of amides is 5. The first-order valence-electron chi connectivity index (χ1n) is 20.5. The number of hydrogen-bond donors (Lipinski definition) is 5. The minimum atomic E-state index is -1.32. The van der Waals surface area contributed by atoms with Crippen molar-refractivity contribution in [3.05, 3.63) is 59.4 Å². The number of nitrogens with zero attached hydrogens (tertiary/aromatic N) is 4. The lowest BCUT2D eigenvalue weighted by Gasteiger charge is -2.30. The standard InChI is InChI=1S/C42H62N8O8/c1-6-20-42(3,4)58-41(56)47-34(39(54)57-5)12-7-8-21-44-35(51)13-11-14-36(52)45-22-9-10-24-50-37(53)25-29(2)38(48-50)30-15-17-33(18-16-30)46-40(55)49-27-31-19-23-43-26-32(31)28-49/h15-19,23,26,29,34,41,47,56H,6-14,20-22,24-25,27-28H2,1-5H3,(H,44,51)(H,45,52)(H,46,55)/t29?,34-,41?/m0/s1. The summed E-state index contributed by atoms with van der Waals surface area (Å²) in [7, 11) is 1.29. The molecule has 16 nitrogen and oxygen atoms in total. The predicted octanol–water partition coefficient (Wildman–Crippen LogP) is 4.56. The summed E-state index contributed by atoms with van der Waals surface area (Å²) in [6, 6.07) is 8.50. The number of fused-ring (bicyclic) bond motifs is 1. The molecule has 318 valence electrons. The number of rotatable bonds is 23. The molecule has 0 radical (unpaired) electrons. The van der Waals surface area contributed by atoms with E-state index in [0.717, 1.165) is 35.2 Å². The normalized spacial score (nSPS) is 16.3. The molecule has 0 saturated heterocycles. The maximum atomic E-state index is 12.9. The molecule has 3 atom stereocenters. The summed E-state index contributed by atoms with van der Waals surface area (Å²) in [6.07, 6.45) is 7.98. The number of esters is 1. The minimum Gasteiger partial charge on any atom is -0.468 e. The van der Waals surface area contributed by atoms with Crippen molar-refractivity contribution in [3.8, 4) is 0 Å². The number of carbonyl (C=O) groups excluding carboxylic acids is 5. The number of nitrogens with one attached hydrogen (secondary N) is 4. The summed E-state index contributed by atoms with van der Waals surface area (Å²) >= 11 is 0. The van der Waals surface area contributed by atoms with Gasteiger partial charge in [0.2, 0.25) is 24.1 Å². The molecule has 5 amide bonds. The molecular weight excluding hydrogens is 745 g/mol. The van der Waals surface area contributed by atoms with Crippen molar-refractivity contribution < 1.29 is 38.6 Å². The molecule has 5 N–H and O–H groups in total. The van der Waals surface area contributed by atoms with Crippen molar-refractivity contribution >= 4 is 41.1 Å². The van der Waals surface area contributed by atoms with Crippen LogP contribution in [-0.2, 0) is 41.7 Å². The molecule has 1 aromatic heterocycles. The number of aliphatic hydroxyl groups is 1. The molecule has 16 heteroatoms. The molecule has 0 fully saturated rings. The third-order valence-electron chi connectivity index (χ3n) is 10.2. The van der Waals surface area contributed by atoms with Crippen LogP contribution in [0.4, 0.5) is 10.5 Å². The Morgan fingerprint density at radius 3 is 2.28 bits per heavy atom. The zero-order valence-electron chi connectivity index (χ0n) is 34.7. The van der Waals surface area contributed by atoms with Gasteiger partial charge in [-0.25, -0.2) is 9.80 Å². The van der Waals surface area contributed by atoms with Crippen LogP contribution in [0.2, 0.25) is 0 Å². The number of carbonyl (C=O) groups is 5. The van der Waals surface area contributed by atoms with E-state index in [0.29, 0.717) is 83.4 Å².